The average molecular weight is 272 g/mol. The van der Waals surface area contributed by atoms with Gasteiger partial charge in [-0.2, -0.15) is 0 Å². The summed E-state index contributed by atoms with van der Waals surface area (Å²) in [4.78, 5) is 13.4. The average Bonchev–Trinajstić information content (AvgIpc) is 2.19. The highest BCUT2D eigenvalue weighted by Crippen LogP contribution is 2.28. The number of aliphatic carboxylic acids is 1. The molecule has 0 aromatic carbocycles. The fourth-order valence-corrected chi connectivity index (χ4v) is 2.97. The lowest BCUT2D eigenvalue weighted by Crippen LogP contribution is -2.57. The van der Waals surface area contributed by atoms with Crippen LogP contribution in [-0.2, 0) is 9.53 Å². The molecule has 1 heterocycles. The number of rotatable bonds is 6. The van der Waals surface area contributed by atoms with Gasteiger partial charge in [0, 0.05) is 19.6 Å². The Balaban J connectivity index is 2.54. The van der Waals surface area contributed by atoms with Crippen LogP contribution in [0.4, 0.5) is 0 Å². The van der Waals surface area contributed by atoms with Crippen molar-refractivity contribution < 1.29 is 14.6 Å². The molecule has 0 bridgehead atoms. The van der Waals surface area contributed by atoms with E-state index in [1.807, 2.05) is 6.92 Å². The predicted molar refractivity (Wildman–Crippen MR) is 75.4 cm³/mol. The van der Waals surface area contributed by atoms with Crippen LogP contribution in [0.1, 0.15) is 41.0 Å². The number of likely N-dealkylation sites (N-methyl/N-ethyl adjacent to an activating group) is 1. The van der Waals surface area contributed by atoms with Crippen LogP contribution in [0.25, 0.3) is 0 Å². The lowest BCUT2D eigenvalue weighted by Gasteiger charge is -2.47. The van der Waals surface area contributed by atoms with Gasteiger partial charge >= 0.3 is 5.97 Å². The monoisotopic (exact) mass is 272 g/mol. The van der Waals surface area contributed by atoms with Crippen molar-refractivity contribution in [3.63, 3.8) is 0 Å². The summed E-state index contributed by atoms with van der Waals surface area (Å²) >= 11 is 0. The zero-order valence-electron chi connectivity index (χ0n) is 12.8. The highest BCUT2D eigenvalue weighted by atomic mass is 16.5. The van der Waals surface area contributed by atoms with Gasteiger partial charge in [0.2, 0.25) is 0 Å². The van der Waals surface area contributed by atoms with E-state index in [0.29, 0.717) is 13.0 Å². The van der Waals surface area contributed by atoms with Crippen LogP contribution in [0.5, 0.6) is 0 Å². The second kappa shape index (κ2) is 6.20. The molecule has 0 radical (unpaired) electrons. The van der Waals surface area contributed by atoms with Crippen molar-refractivity contribution in [1.82, 2.24) is 10.2 Å². The first-order valence-corrected chi connectivity index (χ1v) is 7.04. The van der Waals surface area contributed by atoms with Gasteiger partial charge in [0.05, 0.1) is 11.2 Å². The molecule has 1 fully saturated rings. The lowest BCUT2D eigenvalue weighted by atomic mass is 9.98. The second-order valence-electron chi connectivity index (χ2n) is 6.57. The predicted octanol–water partition coefficient (Wildman–Crippen LogP) is 1.33. The molecule has 1 unspecified atom stereocenters. The molecule has 0 aliphatic carbocycles. The van der Waals surface area contributed by atoms with Crippen molar-refractivity contribution in [2.45, 2.75) is 58.3 Å². The number of morpholine rings is 1. The molecule has 0 aromatic rings. The van der Waals surface area contributed by atoms with Gasteiger partial charge in [-0.05, 0) is 40.7 Å². The zero-order chi connectivity index (χ0) is 14.7. The van der Waals surface area contributed by atoms with E-state index in [-0.39, 0.29) is 11.2 Å². The third kappa shape index (κ3) is 5.47. The van der Waals surface area contributed by atoms with Gasteiger partial charge in [-0.15, -0.1) is 0 Å². The lowest BCUT2D eigenvalue weighted by molar-refractivity contribution is -0.180. The van der Waals surface area contributed by atoms with E-state index in [4.69, 9.17) is 9.84 Å². The Bertz CT molecular complexity index is 300. The van der Waals surface area contributed by atoms with E-state index in [2.05, 4.69) is 37.9 Å². The number of hydrogen-bond donors (Lipinski definition) is 2. The minimum absolute atomic E-state index is 0.182. The number of nitrogens with one attached hydrogen (secondary N) is 1. The first-order chi connectivity index (χ1) is 8.65. The maximum absolute atomic E-state index is 11.1. The molecule has 0 amide bonds. The molecule has 5 nitrogen and oxygen atoms in total. The van der Waals surface area contributed by atoms with E-state index in [1.165, 1.54) is 0 Å². The van der Waals surface area contributed by atoms with Crippen LogP contribution in [0.3, 0.4) is 0 Å². The summed E-state index contributed by atoms with van der Waals surface area (Å²) in [7, 11) is 0. The molecule has 19 heavy (non-hydrogen) atoms. The molecule has 1 rings (SSSR count). The molecule has 112 valence electrons. The van der Waals surface area contributed by atoms with Crippen LogP contribution in [0.15, 0.2) is 0 Å². The van der Waals surface area contributed by atoms with Gasteiger partial charge in [0.15, 0.2) is 0 Å². The molecular formula is C14H28N2O3. The molecule has 1 aliphatic heterocycles. The summed E-state index contributed by atoms with van der Waals surface area (Å²) in [5.41, 5.74) is -0.364. The van der Waals surface area contributed by atoms with Crippen molar-refractivity contribution >= 4 is 5.97 Å². The smallest absolute Gasteiger partial charge is 0.320 e. The van der Waals surface area contributed by atoms with Gasteiger partial charge in [-0.25, -0.2) is 0 Å². The fourth-order valence-electron chi connectivity index (χ4n) is 2.97. The van der Waals surface area contributed by atoms with Gasteiger partial charge < -0.3 is 15.2 Å². The normalized spacial score (nSPS) is 24.1. The number of nitrogens with zero attached hydrogens (tertiary/aromatic N) is 1. The first kappa shape index (κ1) is 16.4. The summed E-state index contributed by atoms with van der Waals surface area (Å²) in [6.45, 7) is 13.4. The number of carboxylic acids is 1. The standard InChI is InChI=1S/C14H28N2O3/c1-6-15-11(12(17)18)7-8-16-9-13(2,3)19-14(4,5)10-16/h11,15H,6-10H2,1-5H3,(H,17,18). The van der Waals surface area contributed by atoms with Crippen LogP contribution in [-0.4, -0.2) is 59.4 Å². The Kier molecular flexibility index (Phi) is 5.35. The minimum Gasteiger partial charge on any atom is -0.480 e. The van der Waals surface area contributed by atoms with Crippen LogP contribution in [0.2, 0.25) is 0 Å². The number of ether oxygens (including phenoxy) is 1. The molecular weight excluding hydrogens is 244 g/mol. The molecule has 0 aromatic heterocycles. The molecule has 1 saturated heterocycles. The SMILES string of the molecule is CCNC(CCN1CC(C)(C)OC(C)(C)C1)C(=O)O. The number of carboxylic acid groups (broad SMARTS) is 1. The largest absolute Gasteiger partial charge is 0.480 e. The van der Waals surface area contributed by atoms with Crippen LogP contribution in [0, 0.1) is 0 Å². The zero-order valence-corrected chi connectivity index (χ0v) is 12.8. The number of hydrogen-bond acceptors (Lipinski definition) is 4. The summed E-state index contributed by atoms with van der Waals surface area (Å²) < 4.78 is 6.02. The second-order valence-corrected chi connectivity index (χ2v) is 6.57. The summed E-state index contributed by atoms with van der Waals surface area (Å²) in [6, 6.07) is -0.459. The van der Waals surface area contributed by atoms with Gasteiger partial charge in [0.25, 0.3) is 0 Å². The summed E-state index contributed by atoms with van der Waals surface area (Å²) in [5, 5.41) is 12.1. The number of carbonyl (C=O) groups is 1. The maximum atomic E-state index is 11.1. The Morgan fingerprint density at radius 1 is 1.32 bits per heavy atom. The maximum Gasteiger partial charge on any atom is 0.320 e. The van der Waals surface area contributed by atoms with Crippen molar-refractivity contribution in [1.29, 1.82) is 0 Å². The van der Waals surface area contributed by atoms with Gasteiger partial charge in [0.1, 0.15) is 6.04 Å². The highest BCUT2D eigenvalue weighted by molar-refractivity contribution is 5.73. The fraction of sp³-hybridized carbons (Fsp3) is 0.929. The van der Waals surface area contributed by atoms with Crippen LogP contribution >= 0.6 is 0 Å². The van der Waals surface area contributed by atoms with Gasteiger partial charge in [-0.3, -0.25) is 9.69 Å². The highest BCUT2D eigenvalue weighted by Gasteiger charge is 2.38. The van der Waals surface area contributed by atoms with Crippen molar-refractivity contribution in [3.8, 4) is 0 Å². The third-order valence-corrected chi connectivity index (χ3v) is 3.24. The topological polar surface area (TPSA) is 61.8 Å². The third-order valence-electron chi connectivity index (χ3n) is 3.24. The van der Waals surface area contributed by atoms with E-state index in [1.54, 1.807) is 0 Å². The Hall–Kier alpha value is -0.650. The van der Waals surface area contributed by atoms with Crippen molar-refractivity contribution in [2.24, 2.45) is 0 Å². The van der Waals surface area contributed by atoms with E-state index >= 15 is 0 Å². The quantitative estimate of drug-likeness (QED) is 0.764. The first-order valence-electron chi connectivity index (χ1n) is 7.04. The van der Waals surface area contributed by atoms with E-state index in [9.17, 15) is 4.79 Å². The summed E-state index contributed by atoms with van der Waals surface area (Å²) in [5.74, 6) is -0.770. The minimum atomic E-state index is -0.770. The Morgan fingerprint density at radius 3 is 2.26 bits per heavy atom. The molecule has 1 atom stereocenters. The Labute approximate surface area is 116 Å². The van der Waals surface area contributed by atoms with Gasteiger partial charge in [-0.1, -0.05) is 6.92 Å². The summed E-state index contributed by atoms with van der Waals surface area (Å²) in [6.07, 6.45) is 0.620. The van der Waals surface area contributed by atoms with Crippen molar-refractivity contribution in [3.05, 3.63) is 0 Å². The van der Waals surface area contributed by atoms with Crippen molar-refractivity contribution in [2.75, 3.05) is 26.2 Å². The molecule has 0 spiro atoms. The Morgan fingerprint density at radius 2 is 1.84 bits per heavy atom. The van der Waals surface area contributed by atoms with E-state index < -0.39 is 12.0 Å². The van der Waals surface area contributed by atoms with Crippen LogP contribution < -0.4 is 5.32 Å². The molecule has 2 N–H and O–H groups in total. The molecule has 0 saturated carbocycles. The van der Waals surface area contributed by atoms with E-state index in [0.717, 1.165) is 19.6 Å². The molecule has 1 aliphatic rings. The molecule has 5 heteroatoms.